The van der Waals surface area contributed by atoms with Crippen molar-refractivity contribution < 1.29 is 14.4 Å². The first-order chi connectivity index (χ1) is 15.3. The lowest BCUT2D eigenvalue weighted by molar-refractivity contribution is -0.135. The van der Waals surface area contributed by atoms with Crippen molar-refractivity contribution in [3.63, 3.8) is 0 Å². The molecule has 0 aromatic heterocycles. The van der Waals surface area contributed by atoms with Crippen LogP contribution in [0.5, 0.6) is 0 Å². The number of halogens is 2. The summed E-state index contributed by atoms with van der Waals surface area (Å²) in [5.74, 6) is -2.26. The summed E-state index contributed by atoms with van der Waals surface area (Å²) in [5, 5.41) is 3.71. The van der Waals surface area contributed by atoms with E-state index in [1.165, 1.54) is 11.0 Å². The smallest absolute Gasteiger partial charge is 0.250 e. The Kier molecular flexibility index (Phi) is 4.15. The van der Waals surface area contributed by atoms with Crippen molar-refractivity contribution in [1.82, 2.24) is 4.90 Å². The highest BCUT2D eigenvalue weighted by Gasteiger charge is 2.74. The third-order valence-corrected chi connectivity index (χ3v) is 8.13. The Labute approximate surface area is 195 Å². The molecule has 3 saturated heterocycles. The number of hydrogen-bond acceptors (Lipinski definition) is 4. The molecule has 0 saturated carbocycles. The first-order valence-corrected chi connectivity index (χ1v) is 11.5. The second-order valence-corrected chi connectivity index (χ2v) is 10.1. The molecular formula is C24H21Cl2N3O3. The summed E-state index contributed by atoms with van der Waals surface area (Å²) in [6, 6.07) is 8.58. The minimum absolute atomic E-state index is 0.162. The molecule has 1 spiro atoms. The van der Waals surface area contributed by atoms with Crippen LogP contribution in [0.1, 0.15) is 29.5 Å². The Morgan fingerprint density at radius 3 is 2.59 bits per heavy atom. The van der Waals surface area contributed by atoms with E-state index >= 15 is 0 Å². The highest BCUT2D eigenvalue weighted by atomic mass is 35.5. The normalized spacial score (nSPS) is 30.8. The zero-order valence-electron chi connectivity index (χ0n) is 17.6. The second kappa shape index (κ2) is 6.56. The fourth-order valence-corrected chi connectivity index (χ4v) is 7.05. The number of anilines is 2. The van der Waals surface area contributed by atoms with E-state index in [2.05, 4.69) is 10.2 Å². The van der Waals surface area contributed by atoms with Crippen LogP contribution in [0.2, 0.25) is 10.0 Å². The Hall–Kier alpha value is -2.41. The van der Waals surface area contributed by atoms with Gasteiger partial charge in [-0.3, -0.25) is 19.3 Å². The number of hydrogen-bond donors (Lipinski definition) is 1. The number of carbonyl (C=O) groups is 3. The average molecular weight is 470 g/mol. The van der Waals surface area contributed by atoms with Crippen molar-refractivity contribution >= 4 is 52.3 Å². The van der Waals surface area contributed by atoms with Crippen molar-refractivity contribution in [3.05, 3.63) is 57.1 Å². The highest BCUT2D eigenvalue weighted by molar-refractivity contribution is 6.38. The van der Waals surface area contributed by atoms with Gasteiger partial charge in [0.1, 0.15) is 5.54 Å². The SMILES string of the molecule is Cc1cc(C)c2c(c1)[C@]1(C(=O)N2)[C@@H]2C(=O)N(c3ccc(Cl)cc3Cl)C(=O)[C@H]2[C@H]2CCCN21. The van der Waals surface area contributed by atoms with Crippen molar-refractivity contribution in [2.24, 2.45) is 11.8 Å². The Bertz CT molecular complexity index is 1250. The van der Waals surface area contributed by atoms with Crippen molar-refractivity contribution in [2.45, 2.75) is 38.3 Å². The summed E-state index contributed by atoms with van der Waals surface area (Å²) in [6.45, 7) is 4.62. The van der Waals surface area contributed by atoms with Gasteiger partial charge in [-0.25, -0.2) is 4.90 Å². The number of carbonyl (C=O) groups excluding carboxylic acids is 3. The summed E-state index contributed by atoms with van der Waals surface area (Å²) in [5.41, 5.74) is 2.68. The molecule has 164 valence electrons. The summed E-state index contributed by atoms with van der Waals surface area (Å²) in [4.78, 5) is 44.7. The minimum atomic E-state index is -1.18. The van der Waals surface area contributed by atoms with Crippen LogP contribution in [0, 0.1) is 25.7 Å². The number of fused-ring (bicyclic) bond motifs is 7. The molecule has 4 aliphatic heterocycles. The predicted molar refractivity (Wildman–Crippen MR) is 122 cm³/mol. The van der Waals surface area contributed by atoms with Gasteiger partial charge in [0.15, 0.2) is 0 Å². The topological polar surface area (TPSA) is 69.7 Å². The van der Waals surface area contributed by atoms with Crippen molar-refractivity contribution in [2.75, 3.05) is 16.8 Å². The Balaban J connectivity index is 1.58. The molecule has 2 aromatic carbocycles. The fourth-order valence-electron chi connectivity index (χ4n) is 6.56. The van der Waals surface area contributed by atoms with E-state index in [0.29, 0.717) is 17.3 Å². The van der Waals surface area contributed by atoms with E-state index in [1.807, 2.05) is 26.0 Å². The van der Waals surface area contributed by atoms with Crippen molar-refractivity contribution in [3.8, 4) is 0 Å². The molecule has 0 radical (unpaired) electrons. The molecule has 0 unspecified atom stereocenters. The number of aryl methyl sites for hydroxylation is 2. The molecule has 3 amide bonds. The molecule has 4 heterocycles. The standard InChI is InChI=1S/C24H21Cl2N3O3/c1-11-8-12(2)20-14(9-11)24(23(32)27-20)19-18(17-4-3-7-28(17)24)21(30)29(22(19)31)16-6-5-13(25)10-15(16)26/h5-6,8-10,17-19H,3-4,7H2,1-2H3,(H,27,32)/t17-,18+,19+,24-/m1/s1. The van der Waals surface area contributed by atoms with Gasteiger partial charge >= 0.3 is 0 Å². The van der Waals surface area contributed by atoms with Crippen LogP contribution in [0.3, 0.4) is 0 Å². The van der Waals surface area contributed by atoms with Crippen LogP contribution in [0.4, 0.5) is 11.4 Å². The second-order valence-electron chi connectivity index (χ2n) is 9.24. The van der Waals surface area contributed by atoms with Gasteiger partial charge in [0.05, 0.1) is 22.5 Å². The van der Waals surface area contributed by atoms with Crippen LogP contribution in [-0.2, 0) is 19.9 Å². The quantitative estimate of drug-likeness (QED) is 0.639. The number of imide groups is 1. The number of amides is 3. The van der Waals surface area contributed by atoms with Crippen molar-refractivity contribution in [1.29, 1.82) is 0 Å². The maximum absolute atomic E-state index is 14.0. The third kappa shape index (κ3) is 2.28. The molecular weight excluding hydrogens is 449 g/mol. The van der Waals surface area contributed by atoms with E-state index in [0.717, 1.165) is 35.2 Å². The number of nitrogens with one attached hydrogen (secondary N) is 1. The summed E-state index contributed by atoms with van der Waals surface area (Å²) in [7, 11) is 0. The van der Waals surface area contributed by atoms with E-state index in [4.69, 9.17) is 23.2 Å². The zero-order valence-corrected chi connectivity index (χ0v) is 19.1. The van der Waals surface area contributed by atoms with E-state index in [9.17, 15) is 14.4 Å². The van der Waals surface area contributed by atoms with Crippen LogP contribution >= 0.6 is 23.2 Å². The number of nitrogens with zero attached hydrogens (tertiary/aromatic N) is 2. The van der Waals surface area contributed by atoms with Crippen LogP contribution in [0.15, 0.2) is 30.3 Å². The van der Waals surface area contributed by atoms with Gasteiger partial charge in [-0.2, -0.15) is 0 Å². The summed E-state index contributed by atoms with van der Waals surface area (Å²) < 4.78 is 0. The van der Waals surface area contributed by atoms with Gasteiger partial charge in [-0.05, 0) is 57.0 Å². The Morgan fingerprint density at radius 2 is 1.84 bits per heavy atom. The molecule has 4 atom stereocenters. The molecule has 0 aliphatic carbocycles. The maximum Gasteiger partial charge on any atom is 0.250 e. The highest BCUT2D eigenvalue weighted by Crippen LogP contribution is 2.61. The largest absolute Gasteiger partial charge is 0.324 e. The van der Waals surface area contributed by atoms with Gasteiger partial charge in [0.2, 0.25) is 17.7 Å². The lowest BCUT2D eigenvalue weighted by atomic mass is 9.75. The molecule has 1 N–H and O–H groups in total. The van der Waals surface area contributed by atoms with E-state index in [1.54, 1.807) is 12.1 Å². The molecule has 6 nitrogen and oxygen atoms in total. The lowest BCUT2D eigenvalue weighted by Crippen LogP contribution is -2.54. The van der Waals surface area contributed by atoms with Gasteiger partial charge in [-0.15, -0.1) is 0 Å². The maximum atomic E-state index is 14.0. The number of rotatable bonds is 1. The van der Waals surface area contributed by atoms with Gasteiger partial charge in [0.25, 0.3) is 0 Å². The molecule has 0 bridgehead atoms. The summed E-state index contributed by atoms with van der Waals surface area (Å²) >= 11 is 12.4. The summed E-state index contributed by atoms with van der Waals surface area (Å²) in [6.07, 6.45) is 1.66. The van der Waals surface area contributed by atoms with Gasteiger partial charge < -0.3 is 5.32 Å². The number of benzene rings is 2. The Morgan fingerprint density at radius 1 is 1.06 bits per heavy atom. The lowest BCUT2D eigenvalue weighted by Gasteiger charge is -2.37. The molecule has 8 heteroatoms. The van der Waals surface area contributed by atoms with Crippen LogP contribution in [0.25, 0.3) is 0 Å². The average Bonchev–Trinajstić information content (AvgIpc) is 3.42. The van der Waals surface area contributed by atoms with Crippen LogP contribution in [-0.4, -0.2) is 35.2 Å². The van der Waals surface area contributed by atoms with E-state index < -0.39 is 17.4 Å². The van der Waals surface area contributed by atoms with E-state index in [-0.39, 0.29) is 28.8 Å². The molecule has 6 rings (SSSR count). The van der Waals surface area contributed by atoms with Gasteiger partial charge in [0, 0.05) is 22.3 Å². The molecule has 4 aliphatic rings. The van der Waals surface area contributed by atoms with Crippen LogP contribution < -0.4 is 10.2 Å². The molecule has 32 heavy (non-hydrogen) atoms. The zero-order chi connectivity index (χ0) is 22.5. The van der Waals surface area contributed by atoms with Gasteiger partial charge in [-0.1, -0.05) is 40.9 Å². The fraction of sp³-hybridized carbons (Fsp3) is 0.375. The first-order valence-electron chi connectivity index (χ1n) is 10.8. The predicted octanol–water partition coefficient (Wildman–Crippen LogP) is 4.04. The molecule has 3 fully saturated rings. The third-order valence-electron chi connectivity index (χ3n) is 7.59. The molecule has 2 aromatic rings. The minimum Gasteiger partial charge on any atom is -0.324 e. The first kappa shape index (κ1) is 20.2. The monoisotopic (exact) mass is 469 g/mol.